The van der Waals surface area contributed by atoms with Crippen LogP contribution in [-0.2, 0) is 38.5 Å². The average Bonchev–Trinajstić information content (AvgIpc) is 3.63. The summed E-state index contributed by atoms with van der Waals surface area (Å²) >= 11 is 0. The monoisotopic (exact) mass is 679 g/mol. The van der Waals surface area contributed by atoms with Crippen LogP contribution in [0.1, 0.15) is 63.0 Å². The molecule has 0 saturated carbocycles. The van der Waals surface area contributed by atoms with Gasteiger partial charge < -0.3 is 34.5 Å². The Morgan fingerprint density at radius 1 is 0.843 bits per heavy atom. The number of fused-ring (bicyclic) bond motifs is 9. The predicted octanol–water partition coefficient (Wildman–Crippen LogP) is 8.28. The smallest absolute Gasteiger partial charge is 0.161 e. The Labute approximate surface area is 297 Å². The molecule has 4 N–H and O–H groups in total. The highest BCUT2D eigenvalue weighted by molar-refractivity contribution is 5.85. The van der Waals surface area contributed by atoms with Crippen molar-refractivity contribution in [3.63, 3.8) is 0 Å². The molecule has 7 heteroatoms. The van der Waals surface area contributed by atoms with Crippen molar-refractivity contribution in [3.8, 4) is 39.9 Å². The molecule has 0 saturated heterocycles. The quantitative estimate of drug-likeness (QED) is 0.135. The number of H-pyrrole nitrogens is 1. The van der Waals surface area contributed by atoms with E-state index in [-0.39, 0.29) is 17.4 Å². The molecule has 3 heterocycles. The molecule has 0 fully saturated rings. The van der Waals surface area contributed by atoms with E-state index in [4.69, 9.17) is 14.2 Å². The number of aromatic hydroxyl groups is 2. The maximum atomic E-state index is 11.9. The maximum Gasteiger partial charge on any atom is 0.161 e. The van der Waals surface area contributed by atoms with Crippen molar-refractivity contribution in [3.05, 3.63) is 136 Å². The van der Waals surface area contributed by atoms with Crippen LogP contribution in [0.3, 0.4) is 0 Å². The zero-order chi connectivity index (χ0) is 34.6. The van der Waals surface area contributed by atoms with E-state index in [2.05, 4.69) is 41.4 Å². The minimum absolute atomic E-state index is 0.102. The van der Waals surface area contributed by atoms with Gasteiger partial charge in [0.1, 0.15) is 23.4 Å². The number of hydrogen-bond acceptors (Lipinski definition) is 6. The molecular weight excluding hydrogens is 638 g/mol. The van der Waals surface area contributed by atoms with Crippen molar-refractivity contribution in [2.45, 2.75) is 63.1 Å². The first-order valence-electron chi connectivity index (χ1n) is 18.0. The second kappa shape index (κ2) is 12.7. The first-order chi connectivity index (χ1) is 24.9. The molecule has 3 atom stereocenters. The maximum absolute atomic E-state index is 11.9. The molecule has 0 unspecified atom stereocenters. The fourth-order valence-corrected chi connectivity index (χ4v) is 8.64. The van der Waals surface area contributed by atoms with Gasteiger partial charge >= 0.3 is 0 Å². The lowest BCUT2D eigenvalue weighted by Gasteiger charge is -2.39. The summed E-state index contributed by atoms with van der Waals surface area (Å²) in [6.07, 6.45) is 5.50. The number of aryl methyl sites for hydroxylation is 2. The summed E-state index contributed by atoms with van der Waals surface area (Å²) in [5.74, 6) is 2.51. The first-order valence-corrected chi connectivity index (χ1v) is 18.0. The Hall–Kier alpha value is -5.40. The Morgan fingerprint density at radius 3 is 2.59 bits per heavy atom. The molecule has 6 aromatic rings. The summed E-state index contributed by atoms with van der Waals surface area (Å²) in [5.41, 5.74) is 11.5. The molecule has 9 rings (SSSR count). The third-order valence-corrected chi connectivity index (χ3v) is 11.1. The van der Waals surface area contributed by atoms with Crippen molar-refractivity contribution in [2.24, 2.45) is 0 Å². The second-order valence-electron chi connectivity index (χ2n) is 14.2. The predicted molar refractivity (Wildman–Crippen MR) is 197 cm³/mol. The van der Waals surface area contributed by atoms with Gasteiger partial charge in [-0.2, -0.15) is 0 Å². The third kappa shape index (κ3) is 5.56. The van der Waals surface area contributed by atoms with E-state index in [1.54, 1.807) is 19.2 Å². The number of ether oxygens (including phenoxy) is 3. The van der Waals surface area contributed by atoms with E-state index in [1.165, 1.54) is 16.5 Å². The van der Waals surface area contributed by atoms with Crippen LogP contribution in [0.4, 0.5) is 0 Å². The topological polar surface area (TPSA) is 104 Å². The van der Waals surface area contributed by atoms with E-state index in [0.29, 0.717) is 25.2 Å². The normalized spacial score (nSPS) is 18.9. The van der Waals surface area contributed by atoms with Crippen LogP contribution in [-0.4, -0.2) is 40.1 Å². The van der Waals surface area contributed by atoms with E-state index in [0.717, 1.165) is 93.6 Å². The number of methoxy groups -OCH3 is 1. The lowest BCUT2D eigenvalue weighted by atomic mass is 9.72. The minimum atomic E-state index is -0.823. The lowest BCUT2D eigenvalue weighted by Crippen LogP contribution is -2.33. The number of aromatic amines is 1. The molecule has 0 spiro atoms. The van der Waals surface area contributed by atoms with Gasteiger partial charge in [-0.3, -0.25) is 0 Å². The summed E-state index contributed by atoms with van der Waals surface area (Å²) < 4.78 is 19.1. The van der Waals surface area contributed by atoms with Gasteiger partial charge in [0.25, 0.3) is 0 Å². The number of aliphatic hydroxyl groups is 1. The highest BCUT2D eigenvalue weighted by atomic mass is 16.5. The molecule has 0 amide bonds. The first kappa shape index (κ1) is 31.6. The van der Waals surface area contributed by atoms with Gasteiger partial charge in [0.05, 0.1) is 19.8 Å². The number of benzene rings is 5. The Morgan fingerprint density at radius 2 is 1.73 bits per heavy atom. The van der Waals surface area contributed by atoms with Crippen molar-refractivity contribution in [1.82, 2.24) is 4.98 Å². The van der Waals surface area contributed by atoms with Crippen molar-refractivity contribution in [1.29, 1.82) is 0 Å². The van der Waals surface area contributed by atoms with E-state index in [9.17, 15) is 15.3 Å². The van der Waals surface area contributed by atoms with Gasteiger partial charge in [-0.05, 0) is 131 Å². The second-order valence-corrected chi connectivity index (χ2v) is 14.2. The molecule has 3 aliphatic rings. The van der Waals surface area contributed by atoms with Gasteiger partial charge in [0.2, 0.25) is 0 Å². The van der Waals surface area contributed by atoms with E-state index < -0.39 is 12.2 Å². The van der Waals surface area contributed by atoms with E-state index in [1.807, 2.05) is 42.6 Å². The summed E-state index contributed by atoms with van der Waals surface area (Å²) in [4.78, 5) is 3.29. The van der Waals surface area contributed by atoms with Crippen LogP contribution < -0.4 is 14.2 Å². The number of hydrogen-bond donors (Lipinski definition) is 4. The number of aliphatic hydroxyl groups excluding tert-OH is 1. The van der Waals surface area contributed by atoms with Crippen molar-refractivity contribution >= 4 is 10.9 Å². The number of nitrogens with one attached hydrogen (secondary N) is 1. The summed E-state index contributed by atoms with van der Waals surface area (Å²) in [5, 5.41) is 34.9. The number of aromatic nitrogens is 1. The molecule has 0 radical (unpaired) electrons. The number of phenols is 2. The minimum Gasteiger partial charge on any atom is -0.508 e. The van der Waals surface area contributed by atoms with Crippen LogP contribution in [0.2, 0.25) is 0 Å². The Balaban J connectivity index is 1.12. The summed E-state index contributed by atoms with van der Waals surface area (Å²) in [7, 11) is 1.55. The average molecular weight is 680 g/mol. The van der Waals surface area contributed by atoms with Gasteiger partial charge in [-0.15, -0.1) is 0 Å². The standard InChI is InChI=1S/C44H41NO6/c1-49-39-22-30(20-28(41(39)48)11-9-25-6-3-2-4-7-25)42-38(47)24-36-35-21-29(19-26-10-14-37-27(18-26)15-16-45-37)34-23-31(46)12-13-32(34)40(35)44-33(43(36)51-42)8-5-17-50-44/h2-4,6-7,10,12-16,18,20,22-23,29,38,42,45-48H,5,8-9,11,17,19,21,24H2,1H3/t29-,38-,42-/m1/s1. The van der Waals surface area contributed by atoms with Crippen molar-refractivity contribution in [2.75, 3.05) is 13.7 Å². The van der Waals surface area contributed by atoms with Crippen LogP contribution in [0.5, 0.6) is 28.7 Å². The molecule has 51 heavy (non-hydrogen) atoms. The lowest BCUT2D eigenvalue weighted by molar-refractivity contribution is 0.0190. The largest absolute Gasteiger partial charge is 0.508 e. The molecule has 0 bridgehead atoms. The molecule has 258 valence electrons. The summed E-state index contributed by atoms with van der Waals surface area (Å²) in [6.45, 7) is 0.623. The Kier molecular flexibility index (Phi) is 7.88. The van der Waals surface area contributed by atoms with Gasteiger partial charge in [0, 0.05) is 34.8 Å². The van der Waals surface area contributed by atoms with Gasteiger partial charge in [-0.25, -0.2) is 0 Å². The highest BCUT2D eigenvalue weighted by Gasteiger charge is 2.40. The molecule has 5 aromatic carbocycles. The molecule has 2 aliphatic heterocycles. The van der Waals surface area contributed by atoms with Gasteiger partial charge in [0.15, 0.2) is 11.5 Å². The van der Waals surface area contributed by atoms with Crippen LogP contribution in [0.25, 0.3) is 22.0 Å². The highest BCUT2D eigenvalue weighted by Crippen LogP contribution is 2.55. The Bertz CT molecular complexity index is 2270. The molecule has 1 aliphatic carbocycles. The molecular formula is C44H41NO6. The molecule has 1 aromatic heterocycles. The SMILES string of the molecule is COc1cc([C@H]2Oc3c(c4c(c5c3CCCO5)-c3ccc(O)cc3[C@H](Cc3ccc5[nH]ccc5c3)C4)C[C@H]2O)cc(CCc2ccccc2)c1O. The van der Waals surface area contributed by atoms with Crippen LogP contribution in [0, 0.1) is 0 Å². The number of phenolic OH excluding ortho intramolecular Hbond substituents is 2. The van der Waals surface area contributed by atoms with Crippen LogP contribution in [0.15, 0.2) is 91.1 Å². The van der Waals surface area contributed by atoms with Crippen LogP contribution >= 0.6 is 0 Å². The number of rotatable bonds is 7. The van der Waals surface area contributed by atoms with E-state index >= 15 is 0 Å². The fourth-order valence-electron chi connectivity index (χ4n) is 8.64. The molecule has 7 nitrogen and oxygen atoms in total. The van der Waals surface area contributed by atoms with Crippen molar-refractivity contribution < 1.29 is 29.5 Å². The third-order valence-electron chi connectivity index (χ3n) is 11.1. The zero-order valence-corrected chi connectivity index (χ0v) is 28.6. The summed E-state index contributed by atoms with van der Waals surface area (Å²) in [6, 6.07) is 28.3. The van der Waals surface area contributed by atoms with Gasteiger partial charge in [-0.1, -0.05) is 42.5 Å². The zero-order valence-electron chi connectivity index (χ0n) is 28.6. The fraction of sp³-hybridized carbons (Fsp3) is 0.273.